The third-order valence-corrected chi connectivity index (χ3v) is 1.50. The lowest BCUT2D eigenvalue weighted by Gasteiger charge is -2.01. The van der Waals surface area contributed by atoms with E-state index in [-0.39, 0.29) is 12.4 Å². The molecule has 0 amide bonds. The highest BCUT2D eigenvalue weighted by atomic mass is 16.3. The van der Waals surface area contributed by atoms with Crippen molar-refractivity contribution in [3.63, 3.8) is 0 Å². The number of aliphatic hydroxyl groups is 1. The molecule has 0 aromatic heterocycles. The van der Waals surface area contributed by atoms with Gasteiger partial charge >= 0.3 is 0 Å². The fourth-order valence-corrected chi connectivity index (χ4v) is 0.894. The van der Waals surface area contributed by atoms with Crippen molar-refractivity contribution in [2.75, 3.05) is 12.3 Å². The third-order valence-electron chi connectivity index (χ3n) is 1.50. The fourth-order valence-electron chi connectivity index (χ4n) is 0.894. The number of rotatable bonds is 2. The summed E-state index contributed by atoms with van der Waals surface area (Å²) in [5, 5.41) is 17.9. The van der Waals surface area contributed by atoms with E-state index >= 15 is 0 Å². The highest BCUT2D eigenvalue weighted by molar-refractivity contribution is 5.66. The summed E-state index contributed by atoms with van der Waals surface area (Å²) in [6.45, 7) is -0.0474. The Morgan fingerprint density at radius 3 is 2.83 bits per heavy atom. The lowest BCUT2D eigenvalue weighted by atomic mass is 10.1. The maximum absolute atomic E-state index is 9.37. The molecule has 0 spiro atoms. The van der Waals surface area contributed by atoms with Gasteiger partial charge in [0.15, 0.2) is 0 Å². The average Bonchev–Trinajstić information content (AvgIpc) is 2.08. The molecule has 0 aliphatic heterocycles. The Bertz CT molecular complexity index is 295. The minimum atomic E-state index is -0.0474. The molecule has 0 aliphatic rings. The Morgan fingerprint density at radius 1 is 1.42 bits per heavy atom. The molecule has 0 aliphatic carbocycles. The second kappa shape index (κ2) is 3.78. The number of phenolic OH excluding ortho intramolecular Hbond substituents is 1. The Balaban J connectivity index is 3.00. The van der Waals surface area contributed by atoms with Gasteiger partial charge in [-0.25, -0.2) is 0 Å². The molecule has 3 nitrogen and oxygen atoms in total. The van der Waals surface area contributed by atoms with Gasteiger partial charge in [-0.15, -0.1) is 0 Å². The second-order valence-electron chi connectivity index (χ2n) is 2.37. The Labute approximate surface area is 70.8 Å². The van der Waals surface area contributed by atoms with Crippen molar-refractivity contribution in [2.24, 2.45) is 0 Å². The van der Waals surface area contributed by atoms with Gasteiger partial charge in [0.1, 0.15) is 5.75 Å². The molecule has 0 unspecified atom stereocenters. The number of benzene rings is 1. The van der Waals surface area contributed by atoms with E-state index in [0.29, 0.717) is 11.3 Å². The number of aromatic hydroxyl groups is 1. The van der Waals surface area contributed by atoms with Gasteiger partial charge in [-0.2, -0.15) is 0 Å². The molecule has 64 valence electrons. The van der Waals surface area contributed by atoms with Crippen LogP contribution in [0.1, 0.15) is 5.56 Å². The predicted octanol–water partition coefficient (Wildman–Crippen LogP) is 0.980. The van der Waals surface area contributed by atoms with E-state index in [2.05, 4.69) is 0 Å². The second-order valence-corrected chi connectivity index (χ2v) is 2.37. The SMILES string of the molecule is Nc1cccc(C=CCO)c1O. The first-order chi connectivity index (χ1) is 5.75. The summed E-state index contributed by atoms with van der Waals surface area (Å²) in [7, 11) is 0. The maximum atomic E-state index is 9.37. The molecule has 1 rings (SSSR count). The Morgan fingerprint density at radius 2 is 2.17 bits per heavy atom. The smallest absolute Gasteiger partial charge is 0.145 e. The highest BCUT2D eigenvalue weighted by Crippen LogP contribution is 2.25. The van der Waals surface area contributed by atoms with Crippen molar-refractivity contribution in [3.8, 4) is 5.75 Å². The quantitative estimate of drug-likeness (QED) is 0.452. The van der Waals surface area contributed by atoms with Crippen LogP contribution in [0.25, 0.3) is 6.08 Å². The van der Waals surface area contributed by atoms with Gasteiger partial charge < -0.3 is 15.9 Å². The number of hydrogen-bond donors (Lipinski definition) is 3. The van der Waals surface area contributed by atoms with Crippen LogP contribution in [0.2, 0.25) is 0 Å². The van der Waals surface area contributed by atoms with Crippen LogP contribution in [0, 0.1) is 0 Å². The lowest BCUT2D eigenvalue weighted by Crippen LogP contribution is -1.86. The molecule has 0 saturated carbocycles. The number of aliphatic hydroxyl groups excluding tert-OH is 1. The Kier molecular flexibility index (Phi) is 2.71. The van der Waals surface area contributed by atoms with Crippen molar-refractivity contribution < 1.29 is 10.2 Å². The van der Waals surface area contributed by atoms with Crippen molar-refractivity contribution in [2.45, 2.75) is 0 Å². The Hall–Kier alpha value is -1.48. The molecule has 0 saturated heterocycles. The number of anilines is 1. The molecule has 1 aromatic carbocycles. The number of para-hydroxylation sites is 1. The van der Waals surface area contributed by atoms with Gasteiger partial charge in [-0.1, -0.05) is 24.3 Å². The molecule has 0 radical (unpaired) electrons. The summed E-state index contributed by atoms with van der Waals surface area (Å²) in [6, 6.07) is 5.08. The van der Waals surface area contributed by atoms with Crippen LogP contribution in [0.4, 0.5) is 5.69 Å². The van der Waals surface area contributed by atoms with Crippen LogP contribution in [-0.2, 0) is 0 Å². The number of phenols is 1. The molecule has 1 aromatic rings. The topological polar surface area (TPSA) is 66.5 Å². The van der Waals surface area contributed by atoms with E-state index in [1.165, 1.54) is 6.08 Å². The summed E-state index contributed by atoms with van der Waals surface area (Å²) < 4.78 is 0. The van der Waals surface area contributed by atoms with E-state index in [1.807, 2.05) is 0 Å². The van der Waals surface area contributed by atoms with Crippen LogP contribution in [0.3, 0.4) is 0 Å². The van der Waals surface area contributed by atoms with Crippen molar-refractivity contribution in [3.05, 3.63) is 29.8 Å². The lowest BCUT2D eigenvalue weighted by molar-refractivity contribution is 0.343. The molecule has 4 N–H and O–H groups in total. The zero-order valence-electron chi connectivity index (χ0n) is 6.57. The van der Waals surface area contributed by atoms with Gasteiger partial charge in [-0.05, 0) is 6.07 Å². The van der Waals surface area contributed by atoms with E-state index in [0.717, 1.165) is 0 Å². The molecule has 0 heterocycles. The first kappa shape index (κ1) is 8.62. The predicted molar refractivity (Wildman–Crippen MR) is 48.6 cm³/mol. The van der Waals surface area contributed by atoms with Gasteiger partial charge in [-0.3, -0.25) is 0 Å². The van der Waals surface area contributed by atoms with E-state index in [4.69, 9.17) is 10.8 Å². The molecule has 12 heavy (non-hydrogen) atoms. The first-order valence-electron chi connectivity index (χ1n) is 3.60. The van der Waals surface area contributed by atoms with Crippen molar-refractivity contribution in [1.82, 2.24) is 0 Å². The zero-order chi connectivity index (χ0) is 8.97. The summed E-state index contributed by atoms with van der Waals surface area (Å²) in [4.78, 5) is 0. The molecular formula is C9H11NO2. The molecular weight excluding hydrogens is 154 g/mol. The minimum absolute atomic E-state index is 0.0474. The van der Waals surface area contributed by atoms with Crippen molar-refractivity contribution in [1.29, 1.82) is 0 Å². The molecule has 0 atom stereocenters. The first-order valence-corrected chi connectivity index (χ1v) is 3.60. The van der Waals surface area contributed by atoms with E-state index in [1.54, 1.807) is 24.3 Å². The van der Waals surface area contributed by atoms with Crippen LogP contribution < -0.4 is 5.73 Å². The van der Waals surface area contributed by atoms with E-state index in [9.17, 15) is 5.11 Å². The summed E-state index contributed by atoms with van der Waals surface area (Å²) in [5.41, 5.74) is 6.40. The van der Waals surface area contributed by atoms with Crippen molar-refractivity contribution >= 4 is 11.8 Å². The van der Waals surface area contributed by atoms with Crippen LogP contribution in [-0.4, -0.2) is 16.8 Å². The third kappa shape index (κ3) is 1.77. The normalized spacial score (nSPS) is 10.8. The largest absolute Gasteiger partial charge is 0.505 e. The van der Waals surface area contributed by atoms with Crippen LogP contribution in [0.15, 0.2) is 24.3 Å². The summed E-state index contributed by atoms with van der Waals surface area (Å²) in [6.07, 6.45) is 3.15. The van der Waals surface area contributed by atoms with Crippen LogP contribution >= 0.6 is 0 Å². The molecule has 3 heteroatoms. The molecule has 0 bridgehead atoms. The summed E-state index contributed by atoms with van der Waals surface area (Å²) >= 11 is 0. The maximum Gasteiger partial charge on any atom is 0.145 e. The zero-order valence-corrected chi connectivity index (χ0v) is 6.57. The average molecular weight is 165 g/mol. The number of hydrogen-bond acceptors (Lipinski definition) is 3. The number of nitrogens with two attached hydrogens (primary N) is 1. The standard InChI is InChI=1S/C9H11NO2/c10-8-5-1-3-7(9(8)12)4-2-6-11/h1-5,11-12H,6,10H2. The van der Waals surface area contributed by atoms with Gasteiger partial charge in [0.25, 0.3) is 0 Å². The fraction of sp³-hybridized carbons (Fsp3) is 0.111. The van der Waals surface area contributed by atoms with Gasteiger partial charge in [0.2, 0.25) is 0 Å². The number of nitrogen functional groups attached to an aromatic ring is 1. The molecule has 0 fully saturated rings. The monoisotopic (exact) mass is 165 g/mol. The van der Waals surface area contributed by atoms with Gasteiger partial charge in [0, 0.05) is 5.56 Å². The van der Waals surface area contributed by atoms with Crippen LogP contribution in [0.5, 0.6) is 5.75 Å². The van der Waals surface area contributed by atoms with E-state index < -0.39 is 0 Å². The van der Waals surface area contributed by atoms with Gasteiger partial charge in [0.05, 0.1) is 12.3 Å². The minimum Gasteiger partial charge on any atom is -0.505 e. The highest BCUT2D eigenvalue weighted by Gasteiger charge is 1.99. The summed E-state index contributed by atoms with van der Waals surface area (Å²) in [5.74, 6) is 0.0576.